The smallest absolute Gasteiger partial charge is 0.0646 e. The van der Waals surface area contributed by atoms with Gasteiger partial charge in [-0.05, 0) is 24.9 Å². The molecule has 16 heavy (non-hydrogen) atoms. The molecular formula is C13H23O2P. The molecule has 0 atom stereocenters. The Morgan fingerprint density at radius 1 is 0.875 bits per heavy atom. The Morgan fingerprint density at radius 3 is 2.12 bits per heavy atom. The highest BCUT2D eigenvalue weighted by Crippen LogP contribution is 2.33. The molecule has 2 nitrogen and oxygen atoms in total. The van der Waals surface area contributed by atoms with Gasteiger partial charge in [0.25, 0.3) is 0 Å². The van der Waals surface area contributed by atoms with Crippen molar-refractivity contribution in [2.24, 2.45) is 5.92 Å². The van der Waals surface area contributed by atoms with Crippen LogP contribution in [0.1, 0.15) is 32.1 Å². The Labute approximate surface area is 99.8 Å². The van der Waals surface area contributed by atoms with Crippen LogP contribution in [0.2, 0.25) is 0 Å². The zero-order valence-electron chi connectivity index (χ0n) is 9.89. The number of hydrogen-bond donors (Lipinski definition) is 2. The number of aliphatic hydroxyl groups is 2. The van der Waals surface area contributed by atoms with E-state index in [0.717, 1.165) is 12.6 Å². The molecule has 2 N–H and O–H groups in total. The molecule has 0 bridgehead atoms. The molecule has 0 aromatic heterocycles. The maximum absolute atomic E-state index is 8.93. The highest BCUT2D eigenvalue weighted by atomic mass is 31.1. The van der Waals surface area contributed by atoms with Crippen LogP contribution in [-0.4, -0.2) is 29.1 Å². The zero-order chi connectivity index (χ0) is 11.6. The van der Waals surface area contributed by atoms with E-state index in [1.807, 2.05) is 0 Å². The Kier molecular flexibility index (Phi) is 7.75. The van der Waals surface area contributed by atoms with Gasteiger partial charge in [0.1, 0.15) is 0 Å². The van der Waals surface area contributed by atoms with Crippen LogP contribution < -0.4 is 0 Å². The van der Waals surface area contributed by atoms with E-state index < -0.39 is 7.92 Å². The lowest BCUT2D eigenvalue weighted by Gasteiger charge is -2.11. The predicted molar refractivity (Wildman–Crippen MR) is 70.8 cm³/mol. The van der Waals surface area contributed by atoms with Gasteiger partial charge in [0.05, 0.1) is 12.7 Å². The van der Waals surface area contributed by atoms with E-state index in [-0.39, 0.29) is 12.7 Å². The highest BCUT2D eigenvalue weighted by Gasteiger charge is 2.05. The average Bonchev–Trinajstić information content (AvgIpc) is 2.81. The maximum atomic E-state index is 8.93. The Morgan fingerprint density at radius 2 is 1.50 bits per heavy atom. The first kappa shape index (κ1) is 13.9. The van der Waals surface area contributed by atoms with Crippen LogP contribution in [0, 0.1) is 5.92 Å². The summed E-state index contributed by atoms with van der Waals surface area (Å²) in [6.07, 6.45) is 16.4. The minimum atomic E-state index is -0.497. The van der Waals surface area contributed by atoms with Gasteiger partial charge in [-0.2, -0.15) is 0 Å². The maximum Gasteiger partial charge on any atom is 0.0646 e. The molecule has 0 fully saturated rings. The van der Waals surface area contributed by atoms with Gasteiger partial charge in [-0.3, -0.25) is 0 Å². The molecule has 1 aliphatic carbocycles. The van der Waals surface area contributed by atoms with Crippen molar-refractivity contribution in [2.75, 3.05) is 18.9 Å². The monoisotopic (exact) mass is 242 g/mol. The van der Waals surface area contributed by atoms with Gasteiger partial charge >= 0.3 is 0 Å². The minimum Gasteiger partial charge on any atom is -0.392 e. The van der Waals surface area contributed by atoms with Crippen molar-refractivity contribution in [3.63, 3.8) is 0 Å². The van der Waals surface area contributed by atoms with Crippen LogP contribution in [0.25, 0.3) is 0 Å². The summed E-state index contributed by atoms with van der Waals surface area (Å²) >= 11 is 0. The van der Waals surface area contributed by atoms with Crippen molar-refractivity contribution in [3.8, 4) is 0 Å². The fourth-order valence-electron chi connectivity index (χ4n) is 1.93. The molecule has 0 spiro atoms. The number of hydrogen-bond acceptors (Lipinski definition) is 2. The van der Waals surface area contributed by atoms with Crippen LogP contribution >= 0.6 is 7.92 Å². The second-order valence-corrected chi connectivity index (χ2v) is 6.67. The summed E-state index contributed by atoms with van der Waals surface area (Å²) in [4.78, 5) is 0. The third-order valence-electron chi connectivity index (χ3n) is 2.99. The van der Waals surface area contributed by atoms with Crippen molar-refractivity contribution in [3.05, 3.63) is 24.3 Å². The zero-order valence-corrected chi connectivity index (χ0v) is 10.8. The van der Waals surface area contributed by atoms with E-state index in [1.54, 1.807) is 0 Å². The molecule has 0 aromatic rings. The van der Waals surface area contributed by atoms with E-state index in [4.69, 9.17) is 10.2 Å². The summed E-state index contributed by atoms with van der Waals surface area (Å²) < 4.78 is 0. The topological polar surface area (TPSA) is 40.5 Å². The molecule has 0 saturated carbocycles. The first-order valence-electron chi connectivity index (χ1n) is 6.16. The predicted octanol–water partition coefficient (Wildman–Crippen LogP) is 3.06. The molecule has 0 unspecified atom stereocenters. The summed E-state index contributed by atoms with van der Waals surface area (Å²) in [6.45, 7) is 0. The van der Waals surface area contributed by atoms with Gasteiger partial charge in [-0.1, -0.05) is 51.5 Å². The Balaban J connectivity index is 1.88. The molecule has 1 aliphatic rings. The lowest BCUT2D eigenvalue weighted by Crippen LogP contribution is -1.94. The van der Waals surface area contributed by atoms with Crippen LogP contribution in [0.5, 0.6) is 0 Å². The molecule has 1 rings (SSSR count). The third kappa shape index (κ3) is 5.79. The number of unbranched alkanes of at least 4 members (excludes halogenated alkanes) is 3. The molecule has 0 aromatic carbocycles. The first-order chi connectivity index (χ1) is 7.86. The van der Waals surface area contributed by atoms with Crippen molar-refractivity contribution in [1.29, 1.82) is 0 Å². The number of rotatable bonds is 9. The van der Waals surface area contributed by atoms with Crippen molar-refractivity contribution >= 4 is 7.92 Å². The van der Waals surface area contributed by atoms with Crippen molar-refractivity contribution < 1.29 is 10.2 Å². The molecule has 0 radical (unpaired) electrons. The number of aliphatic hydroxyl groups excluding tert-OH is 2. The summed E-state index contributed by atoms with van der Waals surface area (Å²) in [5.41, 5.74) is 0. The van der Waals surface area contributed by atoms with E-state index in [1.165, 1.54) is 25.7 Å². The molecule has 0 heterocycles. The van der Waals surface area contributed by atoms with Crippen LogP contribution in [0.15, 0.2) is 24.3 Å². The molecule has 0 aliphatic heterocycles. The lowest BCUT2D eigenvalue weighted by molar-refractivity contribution is 0.343. The fourth-order valence-corrected chi connectivity index (χ4v) is 2.97. The summed E-state index contributed by atoms with van der Waals surface area (Å²) in [7, 11) is -0.497. The van der Waals surface area contributed by atoms with Crippen molar-refractivity contribution in [1.82, 2.24) is 0 Å². The first-order valence-corrected chi connectivity index (χ1v) is 8.05. The summed E-state index contributed by atoms with van der Waals surface area (Å²) in [5.74, 6) is 0.673. The number of allylic oxidation sites excluding steroid dienone is 4. The van der Waals surface area contributed by atoms with Gasteiger partial charge in [0, 0.05) is 0 Å². The minimum absolute atomic E-state index is 0.184. The molecule has 0 saturated heterocycles. The van der Waals surface area contributed by atoms with Crippen molar-refractivity contribution in [2.45, 2.75) is 32.1 Å². The van der Waals surface area contributed by atoms with Gasteiger partial charge in [0.2, 0.25) is 0 Å². The van der Waals surface area contributed by atoms with Gasteiger partial charge in [-0.15, -0.1) is 0 Å². The second kappa shape index (κ2) is 8.92. The Hall–Kier alpha value is -0.170. The third-order valence-corrected chi connectivity index (χ3v) is 4.74. The molecular weight excluding hydrogens is 219 g/mol. The van der Waals surface area contributed by atoms with E-state index in [2.05, 4.69) is 24.3 Å². The SMILES string of the molecule is OCP(CO)CCCCCCC1C=CC=C1. The van der Waals surface area contributed by atoms with Gasteiger partial charge in [0.15, 0.2) is 0 Å². The van der Waals surface area contributed by atoms with Gasteiger partial charge < -0.3 is 10.2 Å². The normalized spacial score (nSPS) is 15.4. The van der Waals surface area contributed by atoms with E-state index in [9.17, 15) is 0 Å². The standard InChI is InChI=1S/C13H23O2P/c14-11-16(12-15)10-6-2-1-3-7-13-8-4-5-9-13/h4-5,8-9,13-15H,1-3,6-7,10-12H2. The lowest BCUT2D eigenvalue weighted by atomic mass is 10.0. The summed E-state index contributed by atoms with van der Waals surface area (Å²) in [6, 6.07) is 0. The van der Waals surface area contributed by atoms with Crippen LogP contribution in [0.3, 0.4) is 0 Å². The fraction of sp³-hybridized carbons (Fsp3) is 0.692. The van der Waals surface area contributed by atoms with E-state index in [0.29, 0.717) is 5.92 Å². The largest absolute Gasteiger partial charge is 0.392 e. The Bertz CT molecular complexity index is 210. The van der Waals surface area contributed by atoms with Crippen LogP contribution in [0.4, 0.5) is 0 Å². The highest BCUT2D eigenvalue weighted by molar-refractivity contribution is 7.57. The molecule has 92 valence electrons. The van der Waals surface area contributed by atoms with E-state index >= 15 is 0 Å². The molecule has 0 amide bonds. The quantitative estimate of drug-likeness (QED) is 0.482. The average molecular weight is 242 g/mol. The summed E-state index contributed by atoms with van der Waals surface area (Å²) in [5, 5.41) is 17.9. The van der Waals surface area contributed by atoms with Gasteiger partial charge in [-0.25, -0.2) is 0 Å². The second-order valence-electron chi connectivity index (χ2n) is 4.31. The van der Waals surface area contributed by atoms with Crippen LogP contribution in [-0.2, 0) is 0 Å². The molecule has 3 heteroatoms.